The highest BCUT2D eigenvalue weighted by Gasteiger charge is 2.33. The zero-order valence-corrected chi connectivity index (χ0v) is 13.5. The van der Waals surface area contributed by atoms with Gasteiger partial charge in [-0.3, -0.25) is 4.90 Å². The smallest absolute Gasteiger partial charge is 0.0558 e. The number of aliphatic hydroxyl groups excluding tert-OH is 1. The topological polar surface area (TPSA) is 49.5 Å². The van der Waals surface area contributed by atoms with E-state index < -0.39 is 0 Å². The molecule has 0 aromatic heterocycles. The summed E-state index contributed by atoms with van der Waals surface area (Å²) in [5.74, 6) is 0. The average Bonchev–Trinajstić information content (AvgIpc) is 3.01. The van der Waals surface area contributed by atoms with Crippen LogP contribution in [0.15, 0.2) is 30.3 Å². The molecule has 2 rings (SSSR count). The molecule has 1 aromatic rings. The number of aliphatic hydroxyl groups is 1. The molecule has 3 heteroatoms. The van der Waals surface area contributed by atoms with E-state index in [-0.39, 0.29) is 18.1 Å². The van der Waals surface area contributed by atoms with Crippen LogP contribution in [0.25, 0.3) is 0 Å². The minimum atomic E-state index is -0.0148. The predicted octanol–water partition coefficient (Wildman–Crippen LogP) is 2.95. The summed E-state index contributed by atoms with van der Waals surface area (Å²) in [6.45, 7) is 6.41. The quantitative estimate of drug-likeness (QED) is 0.811. The van der Waals surface area contributed by atoms with Gasteiger partial charge in [-0.05, 0) is 23.8 Å². The normalized spacial score (nSPS) is 18.3. The molecule has 0 radical (unpaired) electrons. The highest BCUT2D eigenvalue weighted by atomic mass is 16.3. The maximum atomic E-state index is 9.38. The highest BCUT2D eigenvalue weighted by Crippen LogP contribution is 2.34. The summed E-state index contributed by atoms with van der Waals surface area (Å²) >= 11 is 0. The van der Waals surface area contributed by atoms with Gasteiger partial charge >= 0.3 is 0 Å². The molecule has 0 spiro atoms. The van der Waals surface area contributed by atoms with Crippen LogP contribution in [0.5, 0.6) is 0 Å². The van der Waals surface area contributed by atoms with Crippen LogP contribution in [-0.4, -0.2) is 35.7 Å². The van der Waals surface area contributed by atoms with Crippen molar-refractivity contribution in [3.8, 4) is 0 Å². The Kier molecular flexibility index (Phi) is 5.80. The van der Waals surface area contributed by atoms with Crippen LogP contribution in [0.1, 0.15) is 51.1 Å². The van der Waals surface area contributed by atoms with Crippen molar-refractivity contribution >= 4 is 0 Å². The van der Waals surface area contributed by atoms with Crippen molar-refractivity contribution in [3.05, 3.63) is 35.9 Å². The fraction of sp³-hybridized carbons (Fsp3) is 0.667. The van der Waals surface area contributed by atoms with Crippen molar-refractivity contribution in [1.29, 1.82) is 0 Å². The van der Waals surface area contributed by atoms with Crippen molar-refractivity contribution in [2.75, 3.05) is 19.7 Å². The molecule has 0 aliphatic heterocycles. The van der Waals surface area contributed by atoms with Gasteiger partial charge in [0.15, 0.2) is 0 Å². The van der Waals surface area contributed by atoms with Crippen molar-refractivity contribution in [1.82, 2.24) is 4.90 Å². The van der Waals surface area contributed by atoms with Crippen LogP contribution < -0.4 is 5.73 Å². The van der Waals surface area contributed by atoms with Crippen molar-refractivity contribution in [3.63, 3.8) is 0 Å². The van der Waals surface area contributed by atoms with Gasteiger partial charge in [0.25, 0.3) is 0 Å². The van der Waals surface area contributed by atoms with Crippen LogP contribution in [-0.2, 0) is 0 Å². The van der Waals surface area contributed by atoms with Crippen LogP contribution in [0.3, 0.4) is 0 Å². The van der Waals surface area contributed by atoms with Crippen LogP contribution in [0.4, 0.5) is 0 Å². The first kappa shape index (κ1) is 16.5. The molecule has 0 bridgehead atoms. The molecule has 1 saturated carbocycles. The van der Waals surface area contributed by atoms with Gasteiger partial charge in [0.05, 0.1) is 6.61 Å². The fourth-order valence-electron chi connectivity index (χ4n) is 3.52. The van der Waals surface area contributed by atoms with Crippen LogP contribution in [0.2, 0.25) is 0 Å². The summed E-state index contributed by atoms with van der Waals surface area (Å²) in [7, 11) is 0. The lowest BCUT2D eigenvalue weighted by Gasteiger charge is -2.39. The van der Waals surface area contributed by atoms with Gasteiger partial charge in [-0.15, -0.1) is 0 Å². The maximum absolute atomic E-state index is 9.38. The van der Waals surface area contributed by atoms with Gasteiger partial charge in [0, 0.05) is 25.2 Å². The molecular weight excluding hydrogens is 260 g/mol. The van der Waals surface area contributed by atoms with Gasteiger partial charge < -0.3 is 10.8 Å². The van der Waals surface area contributed by atoms with E-state index in [1.54, 1.807) is 0 Å². The molecule has 1 aromatic carbocycles. The molecular formula is C18H30N2O. The summed E-state index contributed by atoms with van der Waals surface area (Å²) in [5.41, 5.74) is 7.70. The second kappa shape index (κ2) is 7.39. The predicted molar refractivity (Wildman–Crippen MR) is 88.1 cm³/mol. The number of nitrogens with two attached hydrogens (primary N) is 1. The molecule has 1 aliphatic rings. The summed E-state index contributed by atoms with van der Waals surface area (Å²) in [6, 6.07) is 11.0. The van der Waals surface area contributed by atoms with E-state index in [0.717, 1.165) is 13.1 Å². The number of hydrogen-bond donors (Lipinski definition) is 2. The van der Waals surface area contributed by atoms with E-state index in [1.807, 2.05) is 18.2 Å². The van der Waals surface area contributed by atoms with E-state index in [1.165, 1.54) is 31.2 Å². The molecule has 1 fully saturated rings. The summed E-state index contributed by atoms with van der Waals surface area (Å²) in [5, 5.41) is 9.38. The molecule has 118 valence electrons. The molecule has 1 aliphatic carbocycles. The second-order valence-electron chi connectivity index (χ2n) is 7.01. The fourth-order valence-corrected chi connectivity index (χ4v) is 3.52. The highest BCUT2D eigenvalue weighted by molar-refractivity contribution is 5.20. The lowest BCUT2D eigenvalue weighted by Crippen LogP contribution is -2.45. The maximum Gasteiger partial charge on any atom is 0.0558 e. The SMILES string of the molecule is CC(C)(CN(CCO)C1CCCC1)C(N)c1ccccc1. The zero-order chi connectivity index (χ0) is 15.3. The molecule has 0 amide bonds. The van der Waals surface area contributed by atoms with E-state index in [0.29, 0.717) is 6.04 Å². The van der Waals surface area contributed by atoms with Crippen molar-refractivity contribution in [2.45, 2.75) is 51.6 Å². The molecule has 21 heavy (non-hydrogen) atoms. The van der Waals surface area contributed by atoms with Gasteiger partial charge in [-0.1, -0.05) is 57.0 Å². The van der Waals surface area contributed by atoms with E-state index in [9.17, 15) is 5.11 Å². The minimum Gasteiger partial charge on any atom is -0.395 e. The first-order valence-electron chi connectivity index (χ1n) is 8.20. The third kappa shape index (κ3) is 4.29. The van der Waals surface area contributed by atoms with Crippen LogP contribution in [0, 0.1) is 5.41 Å². The van der Waals surface area contributed by atoms with Crippen molar-refractivity contribution < 1.29 is 5.11 Å². The Bertz CT molecular complexity index is 412. The number of rotatable bonds is 7. The van der Waals surface area contributed by atoms with Gasteiger partial charge in [-0.25, -0.2) is 0 Å². The molecule has 0 saturated heterocycles. The number of hydrogen-bond acceptors (Lipinski definition) is 3. The largest absolute Gasteiger partial charge is 0.395 e. The Labute approximate surface area is 129 Å². The third-order valence-electron chi connectivity index (χ3n) is 4.84. The summed E-state index contributed by atoms with van der Waals surface area (Å²) < 4.78 is 0. The Morgan fingerprint density at radius 2 is 1.86 bits per heavy atom. The van der Waals surface area contributed by atoms with E-state index in [2.05, 4.69) is 30.9 Å². The average molecular weight is 290 g/mol. The number of benzene rings is 1. The van der Waals surface area contributed by atoms with Gasteiger partial charge in [0.2, 0.25) is 0 Å². The monoisotopic (exact) mass is 290 g/mol. The Morgan fingerprint density at radius 1 is 1.24 bits per heavy atom. The molecule has 1 unspecified atom stereocenters. The Hall–Kier alpha value is -0.900. The molecule has 1 atom stereocenters. The number of nitrogens with zero attached hydrogens (tertiary/aromatic N) is 1. The third-order valence-corrected chi connectivity index (χ3v) is 4.84. The van der Waals surface area contributed by atoms with Gasteiger partial charge in [-0.2, -0.15) is 0 Å². The second-order valence-corrected chi connectivity index (χ2v) is 7.01. The first-order valence-corrected chi connectivity index (χ1v) is 8.20. The van der Waals surface area contributed by atoms with E-state index >= 15 is 0 Å². The van der Waals surface area contributed by atoms with Crippen molar-refractivity contribution in [2.24, 2.45) is 11.1 Å². The molecule has 0 heterocycles. The first-order chi connectivity index (χ1) is 10.0. The molecule has 3 nitrogen and oxygen atoms in total. The summed E-state index contributed by atoms with van der Waals surface area (Å²) in [4.78, 5) is 2.45. The van der Waals surface area contributed by atoms with E-state index in [4.69, 9.17) is 5.73 Å². The molecule has 3 N–H and O–H groups in total. The zero-order valence-electron chi connectivity index (χ0n) is 13.5. The van der Waals surface area contributed by atoms with Gasteiger partial charge in [0.1, 0.15) is 0 Å². The lowest BCUT2D eigenvalue weighted by molar-refractivity contribution is 0.0911. The lowest BCUT2D eigenvalue weighted by atomic mass is 9.80. The minimum absolute atomic E-state index is 0.0148. The summed E-state index contributed by atoms with van der Waals surface area (Å²) in [6.07, 6.45) is 5.16. The van der Waals surface area contributed by atoms with Crippen LogP contribution >= 0.6 is 0 Å². The Morgan fingerprint density at radius 3 is 2.43 bits per heavy atom. The standard InChI is InChI=1S/C18H30N2O/c1-18(2,17(19)15-8-4-3-5-9-15)14-20(12-13-21)16-10-6-7-11-16/h3-5,8-9,16-17,21H,6-7,10-14,19H2,1-2H3. The Balaban J connectivity index is 2.06.